The van der Waals surface area contributed by atoms with Crippen LogP contribution in [-0.2, 0) is 9.57 Å². The third kappa shape index (κ3) is 6.65. The molecule has 1 heterocycles. The van der Waals surface area contributed by atoms with Crippen LogP contribution in [-0.4, -0.2) is 29.9 Å². The van der Waals surface area contributed by atoms with E-state index in [-0.39, 0.29) is 18.8 Å². The molecule has 1 aliphatic heterocycles. The van der Waals surface area contributed by atoms with Gasteiger partial charge in [0, 0.05) is 6.42 Å². The van der Waals surface area contributed by atoms with Crippen molar-refractivity contribution in [2.75, 3.05) is 6.61 Å². The lowest BCUT2D eigenvalue weighted by Gasteiger charge is -2.19. The summed E-state index contributed by atoms with van der Waals surface area (Å²) >= 11 is 0. The van der Waals surface area contributed by atoms with Crippen molar-refractivity contribution in [2.45, 2.75) is 76.9 Å². The Hall–Kier alpha value is -1.29. The highest BCUT2D eigenvalue weighted by Crippen LogP contribution is 2.26. The molecule has 0 aromatic rings. The Morgan fingerprint density at radius 3 is 2.55 bits per heavy atom. The molecule has 2 unspecified atom stereocenters. The third-order valence-electron chi connectivity index (χ3n) is 3.97. The van der Waals surface area contributed by atoms with Gasteiger partial charge in [-0.2, -0.15) is 5.06 Å². The highest BCUT2D eigenvalue weighted by atomic mass is 16.7. The summed E-state index contributed by atoms with van der Waals surface area (Å²) in [6.45, 7) is 9.75. The molecule has 0 aromatic carbocycles. The largest absolute Gasteiger partial charge is 0.444 e. The van der Waals surface area contributed by atoms with Crippen LogP contribution in [0.15, 0.2) is 25.3 Å². The number of hydroxylamine groups is 2. The first-order valence-electron chi connectivity index (χ1n) is 8.59. The van der Waals surface area contributed by atoms with E-state index >= 15 is 0 Å². The number of unbranched alkanes of at least 4 members (excludes halogenated alkanes) is 6. The molecule has 2 atom stereocenters. The summed E-state index contributed by atoms with van der Waals surface area (Å²) < 4.78 is 5.03. The normalized spacial score (nSPS) is 20.9. The predicted octanol–water partition coefficient (Wildman–Crippen LogP) is 5.01. The topological polar surface area (TPSA) is 38.8 Å². The Morgan fingerprint density at radius 1 is 1.23 bits per heavy atom. The van der Waals surface area contributed by atoms with Crippen molar-refractivity contribution in [3.8, 4) is 0 Å². The number of carbonyl (C=O) groups is 1. The lowest BCUT2D eigenvalue weighted by atomic mass is 10.0. The molecule has 0 aliphatic carbocycles. The molecule has 0 saturated carbocycles. The van der Waals surface area contributed by atoms with E-state index in [2.05, 4.69) is 20.1 Å². The molecule has 0 spiro atoms. The van der Waals surface area contributed by atoms with Gasteiger partial charge in [0.15, 0.2) is 0 Å². The van der Waals surface area contributed by atoms with E-state index in [4.69, 9.17) is 9.57 Å². The fraction of sp³-hybridized carbons (Fsp3) is 0.722. The number of ether oxygens (including phenoxy) is 1. The van der Waals surface area contributed by atoms with Gasteiger partial charge in [-0.25, -0.2) is 4.79 Å². The maximum absolute atomic E-state index is 11.9. The van der Waals surface area contributed by atoms with Gasteiger partial charge >= 0.3 is 6.09 Å². The molecule has 0 radical (unpaired) electrons. The molecule has 0 N–H and O–H groups in total. The summed E-state index contributed by atoms with van der Waals surface area (Å²) in [5.41, 5.74) is 0. The van der Waals surface area contributed by atoms with Gasteiger partial charge in [-0.3, -0.25) is 4.84 Å². The Morgan fingerprint density at radius 2 is 1.91 bits per heavy atom. The first-order valence-corrected chi connectivity index (χ1v) is 8.59. The van der Waals surface area contributed by atoms with E-state index in [1.165, 1.54) is 43.6 Å². The van der Waals surface area contributed by atoms with Crippen LogP contribution in [0.3, 0.4) is 0 Å². The molecule has 0 bridgehead atoms. The quantitative estimate of drug-likeness (QED) is 0.398. The molecule has 1 rings (SSSR count). The van der Waals surface area contributed by atoms with Crippen LogP contribution in [0.4, 0.5) is 4.79 Å². The van der Waals surface area contributed by atoms with Gasteiger partial charge in [-0.1, -0.05) is 70.6 Å². The zero-order chi connectivity index (χ0) is 16.2. The first-order chi connectivity index (χ1) is 10.7. The summed E-state index contributed by atoms with van der Waals surface area (Å²) in [6, 6.07) is -0.0909. The van der Waals surface area contributed by atoms with Crippen LogP contribution in [0, 0.1) is 0 Å². The number of nitrogens with zero attached hydrogens (tertiary/aromatic N) is 1. The maximum Gasteiger partial charge on any atom is 0.434 e. The fourth-order valence-electron chi connectivity index (χ4n) is 2.71. The van der Waals surface area contributed by atoms with Crippen molar-refractivity contribution in [3.05, 3.63) is 25.3 Å². The molecular weight excluding hydrogens is 278 g/mol. The minimum absolute atomic E-state index is 0.0909. The standard InChI is InChI=1S/C18H31NO3/c1-4-7-8-9-10-11-12-13-17-15-16(6-3)19(22-17)18(20)21-14-5-2/h5-6,16-17H,2-4,7-15H2,1H3. The lowest BCUT2D eigenvalue weighted by Crippen LogP contribution is -2.34. The van der Waals surface area contributed by atoms with E-state index in [1.807, 2.05) is 0 Å². The first kappa shape index (κ1) is 18.8. The van der Waals surface area contributed by atoms with E-state index < -0.39 is 6.09 Å². The third-order valence-corrected chi connectivity index (χ3v) is 3.97. The van der Waals surface area contributed by atoms with E-state index in [0.717, 1.165) is 19.3 Å². The SMILES string of the molecule is C=CCOC(=O)N1OC(CCCCCCCCC)CC1C=C. The zero-order valence-electron chi connectivity index (χ0n) is 14.0. The van der Waals surface area contributed by atoms with Crippen molar-refractivity contribution < 1.29 is 14.4 Å². The van der Waals surface area contributed by atoms with Gasteiger partial charge in [-0.05, 0) is 6.42 Å². The molecule has 4 nitrogen and oxygen atoms in total. The molecule has 1 aliphatic rings. The van der Waals surface area contributed by atoms with Crippen molar-refractivity contribution >= 4 is 6.09 Å². The number of hydrogen-bond donors (Lipinski definition) is 0. The zero-order valence-corrected chi connectivity index (χ0v) is 14.0. The van der Waals surface area contributed by atoms with E-state index in [0.29, 0.717) is 0 Å². The second-order valence-electron chi connectivity index (χ2n) is 5.87. The highest BCUT2D eigenvalue weighted by molar-refractivity contribution is 5.67. The Kier molecular flexibility index (Phi) is 9.64. The van der Waals surface area contributed by atoms with Crippen LogP contribution in [0.2, 0.25) is 0 Å². The van der Waals surface area contributed by atoms with Crippen LogP contribution in [0.1, 0.15) is 64.7 Å². The van der Waals surface area contributed by atoms with Gasteiger partial charge in [-0.15, -0.1) is 6.58 Å². The van der Waals surface area contributed by atoms with Gasteiger partial charge in [0.2, 0.25) is 0 Å². The summed E-state index contributed by atoms with van der Waals surface area (Å²) in [5, 5.41) is 1.32. The lowest BCUT2D eigenvalue weighted by molar-refractivity contribution is -0.134. The number of hydrogen-bond acceptors (Lipinski definition) is 3. The molecule has 126 valence electrons. The highest BCUT2D eigenvalue weighted by Gasteiger charge is 2.35. The Balaban J connectivity index is 2.22. The summed E-state index contributed by atoms with van der Waals surface area (Å²) in [6.07, 6.45) is 13.7. The monoisotopic (exact) mass is 309 g/mol. The Labute approximate surface area is 135 Å². The molecule has 0 aromatic heterocycles. The second kappa shape index (κ2) is 11.3. The summed E-state index contributed by atoms with van der Waals surface area (Å²) in [7, 11) is 0. The molecule has 1 amide bonds. The molecule has 4 heteroatoms. The molecule has 1 fully saturated rings. The van der Waals surface area contributed by atoms with Crippen molar-refractivity contribution in [1.29, 1.82) is 0 Å². The van der Waals surface area contributed by atoms with Crippen molar-refractivity contribution in [3.63, 3.8) is 0 Å². The van der Waals surface area contributed by atoms with Gasteiger partial charge in [0.05, 0.1) is 12.1 Å². The summed E-state index contributed by atoms with van der Waals surface area (Å²) in [4.78, 5) is 17.6. The Bertz CT molecular complexity index is 343. The number of rotatable bonds is 11. The van der Waals surface area contributed by atoms with Gasteiger partial charge < -0.3 is 4.74 Å². The predicted molar refractivity (Wildman–Crippen MR) is 89.5 cm³/mol. The average molecular weight is 309 g/mol. The molecule has 1 saturated heterocycles. The van der Waals surface area contributed by atoms with Crippen LogP contribution >= 0.6 is 0 Å². The van der Waals surface area contributed by atoms with Crippen molar-refractivity contribution in [2.24, 2.45) is 0 Å². The summed E-state index contributed by atoms with van der Waals surface area (Å²) in [5.74, 6) is 0. The minimum atomic E-state index is -0.452. The van der Waals surface area contributed by atoms with Gasteiger partial charge in [0.25, 0.3) is 0 Å². The smallest absolute Gasteiger partial charge is 0.434 e. The molecular formula is C18H31NO3. The maximum atomic E-state index is 11.9. The molecule has 22 heavy (non-hydrogen) atoms. The van der Waals surface area contributed by atoms with Crippen LogP contribution < -0.4 is 0 Å². The average Bonchev–Trinajstić information content (AvgIpc) is 2.95. The van der Waals surface area contributed by atoms with Crippen LogP contribution in [0.5, 0.6) is 0 Å². The number of amides is 1. The van der Waals surface area contributed by atoms with E-state index in [9.17, 15) is 4.79 Å². The minimum Gasteiger partial charge on any atom is -0.444 e. The number of carbonyl (C=O) groups excluding carboxylic acids is 1. The van der Waals surface area contributed by atoms with Crippen molar-refractivity contribution in [1.82, 2.24) is 5.06 Å². The van der Waals surface area contributed by atoms with Crippen LogP contribution in [0.25, 0.3) is 0 Å². The second-order valence-corrected chi connectivity index (χ2v) is 5.87. The van der Waals surface area contributed by atoms with Gasteiger partial charge in [0.1, 0.15) is 6.61 Å². The fourth-order valence-corrected chi connectivity index (χ4v) is 2.71. The van der Waals surface area contributed by atoms with E-state index in [1.54, 1.807) is 12.2 Å².